The summed E-state index contributed by atoms with van der Waals surface area (Å²) in [4.78, 5) is 22.2. The molecule has 0 saturated heterocycles. The van der Waals surface area contributed by atoms with Gasteiger partial charge in [-0.15, -0.1) is 0 Å². The SMILES string of the molecule is CC(=Nc1cc(-c2c(-c3ccccc3)c3cc(Cl)ccc3[nH]c2=O)on1)N(C)C. The van der Waals surface area contributed by atoms with E-state index in [0.717, 1.165) is 22.3 Å². The number of nitrogens with one attached hydrogen (secondary N) is 1. The number of aromatic nitrogens is 2. The molecule has 6 nitrogen and oxygen atoms in total. The van der Waals surface area contributed by atoms with Crippen LogP contribution in [0.5, 0.6) is 0 Å². The van der Waals surface area contributed by atoms with Crippen LogP contribution < -0.4 is 5.56 Å². The van der Waals surface area contributed by atoms with Crippen LogP contribution >= 0.6 is 11.6 Å². The average molecular weight is 407 g/mol. The van der Waals surface area contributed by atoms with Crippen molar-refractivity contribution in [1.29, 1.82) is 0 Å². The smallest absolute Gasteiger partial charge is 0.260 e. The number of benzene rings is 2. The predicted octanol–water partition coefficient (Wildman–Crippen LogP) is 5.12. The molecule has 0 saturated carbocycles. The molecule has 29 heavy (non-hydrogen) atoms. The zero-order valence-corrected chi connectivity index (χ0v) is 17.0. The standard InChI is InChI=1S/C22H19ClN4O2/c1-13(27(2)3)24-19-12-18(29-26-19)21-20(14-7-5-4-6-8-14)16-11-15(23)9-10-17(16)25-22(21)28/h4-12H,1-3H3,(H,25,28). The van der Waals surface area contributed by atoms with Gasteiger partial charge in [0, 0.05) is 41.7 Å². The van der Waals surface area contributed by atoms with Gasteiger partial charge in [-0.3, -0.25) is 4.79 Å². The zero-order valence-electron chi connectivity index (χ0n) is 16.2. The number of rotatable bonds is 3. The molecule has 0 aliphatic rings. The highest BCUT2D eigenvalue weighted by Gasteiger charge is 2.20. The molecule has 4 aromatic rings. The zero-order chi connectivity index (χ0) is 20.5. The van der Waals surface area contributed by atoms with E-state index in [0.29, 0.717) is 27.7 Å². The van der Waals surface area contributed by atoms with Crippen LogP contribution in [0.4, 0.5) is 5.82 Å². The summed E-state index contributed by atoms with van der Waals surface area (Å²) in [6, 6.07) is 16.7. The molecule has 0 unspecified atom stereocenters. The van der Waals surface area contributed by atoms with E-state index in [1.165, 1.54) is 0 Å². The molecule has 0 fully saturated rings. The first-order valence-corrected chi connectivity index (χ1v) is 9.42. The van der Waals surface area contributed by atoms with Crippen molar-refractivity contribution in [3.05, 3.63) is 70.0 Å². The Kier molecular flexibility index (Phi) is 4.94. The fourth-order valence-electron chi connectivity index (χ4n) is 3.11. The Morgan fingerprint density at radius 2 is 1.86 bits per heavy atom. The molecule has 0 radical (unpaired) electrons. The maximum Gasteiger partial charge on any atom is 0.260 e. The Labute approximate surface area is 172 Å². The van der Waals surface area contributed by atoms with Crippen molar-refractivity contribution in [3.63, 3.8) is 0 Å². The summed E-state index contributed by atoms with van der Waals surface area (Å²) in [5.74, 6) is 1.51. The summed E-state index contributed by atoms with van der Waals surface area (Å²) in [5.41, 5.74) is 2.44. The highest BCUT2D eigenvalue weighted by atomic mass is 35.5. The van der Waals surface area contributed by atoms with Gasteiger partial charge in [-0.25, -0.2) is 4.99 Å². The highest BCUT2D eigenvalue weighted by Crippen LogP contribution is 2.36. The minimum atomic E-state index is -0.269. The molecular weight excluding hydrogens is 388 g/mol. The molecule has 0 atom stereocenters. The fourth-order valence-corrected chi connectivity index (χ4v) is 3.28. The Morgan fingerprint density at radius 3 is 2.59 bits per heavy atom. The van der Waals surface area contributed by atoms with Gasteiger partial charge in [-0.2, -0.15) is 0 Å². The number of pyridine rings is 1. The minimum Gasteiger partial charge on any atom is -0.366 e. The second kappa shape index (κ2) is 7.56. The summed E-state index contributed by atoms with van der Waals surface area (Å²) in [6.07, 6.45) is 0. The highest BCUT2D eigenvalue weighted by molar-refractivity contribution is 6.31. The van der Waals surface area contributed by atoms with Crippen LogP contribution in [0.15, 0.2) is 68.9 Å². The first kappa shape index (κ1) is 19.0. The lowest BCUT2D eigenvalue weighted by Gasteiger charge is -2.11. The molecule has 0 bridgehead atoms. The van der Waals surface area contributed by atoms with Gasteiger partial charge in [0.05, 0.1) is 5.56 Å². The maximum atomic E-state index is 13.0. The van der Waals surface area contributed by atoms with Crippen molar-refractivity contribution < 1.29 is 4.52 Å². The van der Waals surface area contributed by atoms with Gasteiger partial charge >= 0.3 is 0 Å². The Hall–Kier alpha value is -3.38. The van der Waals surface area contributed by atoms with E-state index in [2.05, 4.69) is 15.1 Å². The van der Waals surface area contributed by atoms with Crippen molar-refractivity contribution in [2.24, 2.45) is 4.99 Å². The van der Waals surface area contributed by atoms with Crippen LogP contribution in [0.3, 0.4) is 0 Å². The van der Waals surface area contributed by atoms with Crippen LogP contribution in [0.1, 0.15) is 6.92 Å². The maximum absolute atomic E-state index is 13.0. The van der Waals surface area contributed by atoms with E-state index >= 15 is 0 Å². The Bertz CT molecular complexity index is 1270. The number of nitrogens with zero attached hydrogens (tertiary/aromatic N) is 3. The molecule has 0 aliphatic heterocycles. The summed E-state index contributed by atoms with van der Waals surface area (Å²) >= 11 is 6.26. The molecule has 1 N–H and O–H groups in total. The number of H-pyrrole nitrogens is 1. The van der Waals surface area contributed by atoms with Crippen LogP contribution in [0.25, 0.3) is 33.4 Å². The quantitative estimate of drug-likeness (QED) is 0.378. The number of fused-ring (bicyclic) bond motifs is 1. The molecule has 2 aromatic heterocycles. The normalized spacial score (nSPS) is 11.8. The van der Waals surface area contributed by atoms with E-state index in [9.17, 15) is 4.79 Å². The van der Waals surface area contributed by atoms with Gasteiger partial charge in [0.25, 0.3) is 5.56 Å². The third-order valence-electron chi connectivity index (χ3n) is 4.71. The topological polar surface area (TPSA) is 74.5 Å². The van der Waals surface area contributed by atoms with Crippen LogP contribution in [0.2, 0.25) is 5.02 Å². The number of aromatic amines is 1. The van der Waals surface area contributed by atoms with Gasteiger partial charge in [-0.05, 0) is 30.7 Å². The van der Waals surface area contributed by atoms with Crippen molar-refractivity contribution >= 4 is 34.2 Å². The average Bonchev–Trinajstić information content (AvgIpc) is 3.15. The third kappa shape index (κ3) is 3.67. The van der Waals surface area contributed by atoms with Crippen molar-refractivity contribution in [1.82, 2.24) is 15.0 Å². The van der Waals surface area contributed by atoms with Gasteiger partial charge in [0.15, 0.2) is 11.6 Å². The first-order chi connectivity index (χ1) is 13.9. The van der Waals surface area contributed by atoms with E-state index in [1.54, 1.807) is 18.2 Å². The minimum absolute atomic E-state index is 0.269. The van der Waals surface area contributed by atoms with Crippen LogP contribution in [0, 0.1) is 0 Å². The number of amidine groups is 1. The Morgan fingerprint density at radius 1 is 1.10 bits per heavy atom. The Balaban J connectivity index is 2.00. The van der Waals surface area contributed by atoms with Gasteiger partial charge < -0.3 is 14.4 Å². The van der Waals surface area contributed by atoms with E-state index < -0.39 is 0 Å². The molecule has 0 spiro atoms. The monoisotopic (exact) mass is 406 g/mol. The van der Waals surface area contributed by atoms with Gasteiger partial charge in [0.2, 0.25) is 0 Å². The summed E-state index contributed by atoms with van der Waals surface area (Å²) in [5, 5.41) is 5.42. The lowest BCUT2D eigenvalue weighted by molar-refractivity contribution is 0.434. The number of hydrogen-bond acceptors (Lipinski definition) is 4. The fraction of sp³-hybridized carbons (Fsp3) is 0.136. The second-order valence-electron chi connectivity index (χ2n) is 6.86. The number of halogens is 1. The number of hydrogen-bond donors (Lipinski definition) is 1. The summed E-state index contributed by atoms with van der Waals surface area (Å²) in [6.45, 7) is 1.87. The van der Waals surface area contributed by atoms with Crippen LogP contribution in [-0.2, 0) is 0 Å². The lowest BCUT2D eigenvalue weighted by Crippen LogP contribution is -2.17. The molecule has 0 aliphatic carbocycles. The molecular formula is C22H19ClN4O2. The number of aliphatic imine (C=N–C) groups is 1. The molecule has 4 rings (SSSR count). The first-order valence-electron chi connectivity index (χ1n) is 9.04. The van der Waals surface area contributed by atoms with E-state index in [-0.39, 0.29) is 5.56 Å². The molecule has 2 aromatic carbocycles. The van der Waals surface area contributed by atoms with E-state index in [4.69, 9.17) is 16.1 Å². The van der Waals surface area contributed by atoms with Gasteiger partial charge in [0.1, 0.15) is 5.84 Å². The molecule has 146 valence electrons. The third-order valence-corrected chi connectivity index (χ3v) is 4.94. The predicted molar refractivity (Wildman–Crippen MR) is 117 cm³/mol. The molecule has 0 amide bonds. The van der Waals surface area contributed by atoms with Crippen molar-refractivity contribution in [3.8, 4) is 22.5 Å². The summed E-state index contributed by atoms with van der Waals surface area (Å²) in [7, 11) is 3.79. The van der Waals surface area contributed by atoms with E-state index in [1.807, 2.05) is 62.3 Å². The molecule has 7 heteroatoms. The van der Waals surface area contributed by atoms with Crippen molar-refractivity contribution in [2.75, 3.05) is 14.1 Å². The molecule has 2 heterocycles. The van der Waals surface area contributed by atoms with Gasteiger partial charge in [-0.1, -0.05) is 47.1 Å². The van der Waals surface area contributed by atoms with Crippen LogP contribution in [-0.4, -0.2) is 35.0 Å². The second-order valence-corrected chi connectivity index (χ2v) is 7.30. The summed E-state index contributed by atoms with van der Waals surface area (Å²) < 4.78 is 5.52. The van der Waals surface area contributed by atoms with Crippen molar-refractivity contribution in [2.45, 2.75) is 6.92 Å². The lowest BCUT2D eigenvalue weighted by atomic mass is 9.95. The largest absolute Gasteiger partial charge is 0.366 e.